The normalized spacial score (nSPS) is 16.5. The molecule has 2 rings (SSSR count). The van der Waals surface area contributed by atoms with Crippen LogP contribution in [-0.2, 0) is 0 Å². The molecule has 0 radical (unpaired) electrons. The van der Waals surface area contributed by atoms with Gasteiger partial charge in [0.1, 0.15) is 18.0 Å². The predicted octanol–water partition coefficient (Wildman–Crippen LogP) is 3.41. The molecule has 0 unspecified atom stereocenters. The van der Waals surface area contributed by atoms with Gasteiger partial charge in [-0.05, 0) is 25.7 Å². The van der Waals surface area contributed by atoms with E-state index in [9.17, 15) is 0 Å². The van der Waals surface area contributed by atoms with Crippen molar-refractivity contribution >= 4 is 11.6 Å². The highest BCUT2D eigenvalue weighted by Gasteiger charge is 2.20. The summed E-state index contributed by atoms with van der Waals surface area (Å²) in [6, 6.07) is 0. The van der Waals surface area contributed by atoms with Crippen LogP contribution in [0.15, 0.2) is 6.33 Å². The molecule has 1 aliphatic heterocycles. The second-order valence-electron chi connectivity index (χ2n) is 5.55. The summed E-state index contributed by atoms with van der Waals surface area (Å²) in [4.78, 5) is 11.5. The Morgan fingerprint density at radius 3 is 2.42 bits per heavy atom. The number of anilines is 2. The van der Waals surface area contributed by atoms with E-state index in [1.54, 1.807) is 6.33 Å². The molecule has 0 aliphatic carbocycles. The lowest BCUT2D eigenvalue weighted by molar-refractivity contribution is 0.726. The summed E-state index contributed by atoms with van der Waals surface area (Å²) in [5.74, 6) is 2.59. The van der Waals surface area contributed by atoms with E-state index in [0.717, 1.165) is 31.3 Å². The van der Waals surface area contributed by atoms with Crippen molar-refractivity contribution in [3.63, 3.8) is 0 Å². The van der Waals surface area contributed by atoms with Crippen LogP contribution in [0.5, 0.6) is 0 Å². The van der Waals surface area contributed by atoms with Gasteiger partial charge >= 0.3 is 0 Å². The lowest BCUT2D eigenvalue weighted by Gasteiger charge is -2.26. The largest absolute Gasteiger partial charge is 0.370 e. The average molecular weight is 262 g/mol. The Balaban J connectivity index is 2.34. The summed E-state index contributed by atoms with van der Waals surface area (Å²) >= 11 is 0. The summed E-state index contributed by atoms with van der Waals surface area (Å²) in [5.41, 5.74) is 1.27. The minimum Gasteiger partial charge on any atom is -0.370 e. The van der Waals surface area contributed by atoms with Crippen LogP contribution < -0.4 is 10.2 Å². The van der Waals surface area contributed by atoms with Gasteiger partial charge in [-0.15, -0.1) is 0 Å². The number of hydrogen-bond donors (Lipinski definition) is 1. The Morgan fingerprint density at radius 1 is 1.16 bits per heavy atom. The lowest BCUT2D eigenvalue weighted by atomic mass is 10.0. The number of rotatable bonds is 4. The molecule has 0 saturated carbocycles. The maximum atomic E-state index is 4.58. The van der Waals surface area contributed by atoms with Crippen LogP contribution in [0.3, 0.4) is 0 Å². The van der Waals surface area contributed by atoms with Crippen LogP contribution >= 0.6 is 0 Å². The van der Waals surface area contributed by atoms with Crippen molar-refractivity contribution in [1.29, 1.82) is 0 Å². The molecular weight excluding hydrogens is 236 g/mol. The molecule has 1 aromatic heterocycles. The third-order valence-electron chi connectivity index (χ3n) is 3.69. The van der Waals surface area contributed by atoms with Crippen molar-refractivity contribution < 1.29 is 0 Å². The summed E-state index contributed by atoms with van der Waals surface area (Å²) in [6.45, 7) is 9.71. The standard InChI is InChI=1S/C15H26N4/c1-4-16-14-13(12(2)3)15(18-11-17-14)19-9-7-5-6-8-10-19/h11-12H,4-10H2,1-3H3,(H,16,17,18). The molecule has 4 nitrogen and oxygen atoms in total. The lowest BCUT2D eigenvalue weighted by Crippen LogP contribution is -2.27. The van der Waals surface area contributed by atoms with Crippen LogP contribution in [0.2, 0.25) is 0 Å². The molecule has 19 heavy (non-hydrogen) atoms. The van der Waals surface area contributed by atoms with E-state index < -0.39 is 0 Å². The Kier molecular flexibility index (Phi) is 5.00. The van der Waals surface area contributed by atoms with Gasteiger partial charge in [0.2, 0.25) is 0 Å². The number of hydrogen-bond acceptors (Lipinski definition) is 4. The monoisotopic (exact) mass is 262 g/mol. The number of aromatic nitrogens is 2. The third kappa shape index (κ3) is 3.37. The first-order chi connectivity index (χ1) is 9.24. The van der Waals surface area contributed by atoms with Gasteiger partial charge < -0.3 is 10.2 Å². The number of nitrogens with one attached hydrogen (secondary N) is 1. The molecule has 106 valence electrons. The second-order valence-corrected chi connectivity index (χ2v) is 5.55. The van der Waals surface area contributed by atoms with Gasteiger partial charge in [0.05, 0.1) is 0 Å². The van der Waals surface area contributed by atoms with E-state index in [0.29, 0.717) is 5.92 Å². The molecule has 0 atom stereocenters. The summed E-state index contributed by atoms with van der Waals surface area (Å²) in [5, 5.41) is 3.37. The minimum atomic E-state index is 0.438. The molecule has 0 amide bonds. The molecule has 1 fully saturated rings. The Bertz CT molecular complexity index is 395. The molecule has 0 bridgehead atoms. The van der Waals surface area contributed by atoms with E-state index in [1.165, 1.54) is 31.2 Å². The highest BCUT2D eigenvalue weighted by atomic mass is 15.2. The highest BCUT2D eigenvalue weighted by Crippen LogP contribution is 2.31. The van der Waals surface area contributed by atoms with Crippen LogP contribution in [0.25, 0.3) is 0 Å². The zero-order chi connectivity index (χ0) is 13.7. The van der Waals surface area contributed by atoms with E-state index in [2.05, 4.69) is 41.0 Å². The topological polar surface area (TPSA) is 41.1 Å². The predicted molar refractivity (Wildman–Crippen MR) is 81.0 cm³/mol. The van der Waals surface area contributed by atoms with Gasteiger partial charge in [-0.1, -0.05) is 26.7 Å². The van der Waals surface area contributed by atoms with Crippen LogP contribution in [-0.4, -0.2) is 29.6 Å². The Hall–Kier alpha value is -1.32. The van der Waals surface area contributed by atoms with Crippen LogP contribution in [0.4, 0.5) is 11.6 Å². The van der Waals surface area contributed by atoms with E-state index in [-0.39, 0.29) is 0 Å². The van der Waals surface area contributed by atoms with Gasteiger partial charge in [-0.25, -0.2) is 9.97 Å². The van der Waals surface area contributed by atoms with Crippen molar-refractivity contribution in [2.75, 3.05) is 29.9 Å². The Morgan fingerprint density at radius 2 is 1.84 bits per heavy atom. The van der Waals surface area contributed by atoms with Crippen molar-refractivity contribution in [2.45, 2.75) is 52.4 Å². The summed E-state index contributed by atoms with van der Waals surface area (Å²) < 4.78 is 0. The minimum absolute atomic E-state index is 0.438. The fraction of sp³-hybridized carbons (Fsp3) is 0.733. The van der Waals surface area contributed by atoms with Crippen molar-refractivity contribution in [3.8, 4) is 0 Å². The fourth-order valence-corrected chi connectivity index (χ4v) is 2.76. The zero-order valence-electron chi connectivity index (χ0n) is 12.4. The Labute approximate surface area is 116 Å². The first kappa shape index (κ1) is 14.1. The third-order valence-corrected chi connectivity index (χ3v) is 3.69. The van der Waals surface area contributed by atoms with Gasteiger partial charge in [0.25, 0.3) is 0 Å². The molecule has 0 aromatic carbocycles. The van der Waals surface area contributed by atoms with Crippen molar-refractivity contribution in [1.82, 2.24) is 9.97 Å². The molecular formula is C15H26N4. The zero-order valence-corrected chi connectivity index (χ0v) is 12.4. The second kappa shape index (κ2) is 6.73. The molecule has 1 aromatic rings. The van der Waals surface area contributed by atoms with Gasteiger partial charge in [-0.2, -0.15) is 0 Å². The maximum Gasteiger partial charge on any atom is 0.137 e. The fourth-order valence-electron chi connectivity index (χ4n) is 2.76. The van der Waals surface area contributed by atoms with E-state index in [4.69, 9.17) is 0 Å². The molecule has 1 aliphatic rings. The van der Waals surface area contributed by atoms with Crippen LogP contribution in [0, 0.1) is 0 Å². The van der Waals surface area contributed by atoms with E-state index >= 15 is 0 Å². The molecule has 1 saturated heterocycles. The number of nitrogens with zero attached hydrogens (tertiary/aromatic N) is 3. The molecule has 4 heteroatoms. The van der Waals surface area contributed by atoms with Gasteiger partial charge in [0, 0.05) is 25.2 Å². The highest BCUT2D eigenvalue weighted by molar-refractivity contribution is 5.60. The quantitative estimate of drug-likeness (QED) is 0.902. The smallest absolute Gasteiger partial charge is 0.137 e. The molecule has 1 N–H and O–H groups in total. The average Bonchev–Trinajstić information content (AvgIpc) is 2.67. The first-order valence-electron chi connectivity index (χ1n) is 7.57. The SMILES string of the molecule is CCNc1ncnc(N2CCCCCC2)c1C(C)C. The van der Waals surface area contributed by atoms with Gasteiger partial charge in [-0.3, -0.25) is 0 Å². The first-order valence-corrected chi connectivity index (χ1v) is 7.57. The van der Waals surface area contributed by atoms with Crippen LogP contribution in [0.1, 0.15) is 57.9 Å². The van der Waals surface area contributed by atoms with E-state index in [1.807, 2.05) is 0 Å². The summed E-state index contributed by atoms with van der Waals surface area (Å²) in [6.07, 6.45) is 6.94. The summed E-state index contributed by atoms with van der Waals surface area (Å²) in [7, 11) is 0. The molecule has 0 spiro atoms. The maximum absolute atomic E-state index is 4.58. The van der Waals surface area contributed by atoms with Crippen molar-refractivity contribution in [2.24, 2.45) is 0 Å². The van der Waals surface area contributed by atoms with Gasteiger partial charge in [0.15, 0.2) is 0 Å². The van der Waals surface area contributed by atoms with Crippen molar-refractivity contribution in [3.05, 3.63) is 11.9 Å². The molecule has 2 heterocycles.